The predicted octanol–water partition coefficient (Wildman–Crippen LogP) is 1.99. The molecular weight excluding hydrogens is 322 g/mol. The van der Waals surface area contributed by atoms with E-state index in [1.165, 1.54) is 6.33 Å². The maximum Gasteiger partial charge on any atom is 0.410 e. The van der Waals surface area contributed by atoms with Crippen LogP contribution in [0.3, 0.4) is 0 Å². The number of anilines is 1. The molecule has 1 saturated heterocycles. The van der Waals surface area contributed by atoms with Crippen LogP contribution in [0.4, 0.5) is 10.6 Å². The summed E-state index contributed by atoms with van der Waals surface area (Å²) in [4.78, 5) is 25.6. The lowest BCUT2D eigenvalue weighted by molar-refractivity contribution is 0.0116. The molecule has 8 heteroatoms. The molecule has 0 aromatic carbocycles. The number of ether oxygens (including phenoxy) is 1. The van der Waals surface area contributed by atoms with Crippen LogP contribution in [0.1, 0.15) is 27.2 Å². The van der Waals surface area contributed by atoms with Crippen LogP contribution < -0.4 is 5.32 Å². The molecule has 1 amide bonds. The van der Waals surface area contributed by atoms with Gasteiger partial charge in [0, 0.05) is 37.9 Å². The number of aliphatic hydroxyl groups is 1. The van der Waals surface area contributed by atoms with Crippen molar-refractivity contribution in [1.82, 2.24) is 19.9 Å². The molecule has 0 spiro atoms. The number of rotatable bonds is 3. The second kappa shape index (κ2) is 6.87. The fourth-order valence-electron chi connectivity index (χ4n) is 3.10. The van der Waals surface area contributed by atoms with E-state index in [4.69, 9.17) is 4.74 Å². The van der Waals surface area contributed by atoms with Crippen LogP contribution in [0.15, 0.2) is 18.6 Å². The highest BCUT2D eigenvalue weighted by atomic mass is 16.6. The molecule has 2 aromatic heterocycles. The maximum absolute atomic E-state index is 12.4. The number of nitrogens with zero attached hydrogens (tertiary/aromatic N) is 3. The molecule has 1 fully saturated rings. The van der Waals surface area contributed by atoms with Gasteiger partial charge in [0.2, 0.25) is 0 Å². The number of carbonyl (C=O) groups is 1. The van der Waals surface area contributed by atoms with Crippen LogP contribution >= 0.6 is 0 Å². The first-order valence-electron chi connectivity index (χ1n) is 8.49. The van der Waals surface area contributed by atoms with E-state index in [0.717, 1.165) is 23.3 Å². The van der Waals surface area contributed by atoms with Crippen LogP contribution in [0.2, 0.25) is 0 Å². The van der Waals surface area contributed by atoms with Crippen molar-refractivity contribution >= 4 is 22.9 Å². The normalized spacial score (nSPS) is 21.4. The number of H-pyrrole nitrogens is 1. The summed E-state index contributed by atoms with van der Waals surface area (Å²) in [7, 11) is 0. The van der Waals surface area contributed by atoms with Crippen molar-refractivity contribution in [2.75, 3.05) is 25.0 Å². The number of carbonyl (C=O) groups excluding carboxylic acids is 1. The molecule has 0 unspecified atom stereocenters. The molecule has 3 rings (SSSR count). The third-order valence-corrected chi connectivity index (χ3v) is 4.14. The molecule has 136 valence electrons. The molecule has 3 N–H and O–H groups in total. The first-order valence-corrected chi connectivity index (χ1v) is 8.49. The van der Waals surface area contributed by atoms with Gasteiger partial charge in [0.25, 0.3) is 0 Å². The molecule has 25 heavy (non-hydrogen) atoms. The quantitative estimate of drug-likeness (QED) is 0.784. The number of nitrogens with one attached hydrogen (secondary N) is 2. The minimum absolute atomic E-state index is 0.00215. The summed E-state index contributed by atoms with van der Waals surface area (Å²) in [5.74, 6) is 0.723. The summed E-state index contributed by atoms with van der Waals surface area (Å²) in [6.45, 7) is 6.56. The number of amides is 1. The second-order valence-corrected chi connectivity index (χ2v) is 7.47. The molecule has 0 bridgehead atoms. The summed E-state index contributed by atoms with van der Waals surface area (Å²) >= 11 is 0. The molecule has 0 aliphatic carbocycles. The van der Waals surface area contributed by atoms with E-state index in [0.29, 0.717) is 13.1 Å². The van der Waals surface area contributed by atoms with Gasteiger partial charge in [0.1, 0.15) is 23.4 Å². The second-order valence-electron chi connectivity index (χ2n) is 7.47. The smallest absolute Gasteiger partial charge is 0.410 e. The lowest BCUT2D eigenvalue weighted by Crippen LogP contribution is -2.51. The molecule has 8 nitrogen and oxygen atoms in total. The first-order chi connectivity index (χ1) is 11.9. The van der Waals surface area contributed by atoms with Crippen molar-refractivity contribution in [3.05, 3.63) is 18.6 Å². The van der Waals surface area contributed by atoms with Crippen molar-refractivity contribution < 1.29 is 14.6 Å². The van der Waals surface area contributed by atoms with Gasteiger partial charge in [-0.2, -0.15) is 0 Å². The Hall–Kier alpha value is -2.35. The molecule has 0 saturated carbocycles. The van der Waals surface area contributed by atoms with Gasteiger partial charge in [0.05, 0.1) is 5.39 Å². The van der Waals surface area contributed by atoms with Gasteiger partial charge in [-0.1, -0.05) is 0 Å². The average Bonchev–Trinajstić information content (AvgIpc) is 3.02. The monoisotopic (exact) mass is 347 g/mol. The molecule has 1 aliphatic rings. The Balaban J connectivity index is 1.74. The number of likely N-dealkylation sites (tertiary alicyclic amines) is 1. The Labute approximate surface area is 146 Å². The van der Waals surface area contributed by atoms with E-state index in [1.54, 1.807) is 4.90 Å². The van der Waals surface area contributed by atoms with Crippen LogP contribution in [0, 0.1) is 5.92 Å². The zero-order chi connectivity index (χ0) is 18.0. The minimum atomic E-state index is -0.546. The number of hydrogen-bond acceptors (Lipinski definition) is 6. The highest BCUT2D eigenvalue weighted by molar-refractivity contribution is 5.86. The van der Waals surface area contributed by atoms with E-state index in [1.807, 2.05) is 33.0 Å². The molecule has 1 aliphatic heterocycles. The molecular formula is C17H25N5O3. The van der Waals surface area contributed by atoms with Crippen LogP contribution in [0.5, 0.6) is 0 Å². The number of hydrogen-bond donors (Lipinski definition) is 3. The Morgan fingerprint density at radius 2 is 2.24 bits per heavy atom. The van der Waals surface area contributed by atoms with Gasteiger partial charge in [-0.05, 0) is 33.3 Å². The third kappa shape index (κ3) is 4.19. The van der Waals surface area contributed by atoms with E-state index >= 15 is 0 Å². The SMILES string of the molecule is CC(C)(C)OC(=O)N1C[C@H](CO)C[C@H](Nc2ncnc3[nH]ccc23)C1. The Morgan fingerprint density at radius 1 is 1.44 bits per heavy atom. The standard InChI is InChI=1S/C17H25N5O3/c1-17(2,3)25-16(24)22-7-11(9-23)6-12(8-22)21-15-13-4-5-18-14(13)19-10-20-15/h4-5,10-12,23H,6-9H2,1-3H3,(H2,18,19,20,21)/t11-,12+/m1/s1. The Kier molecular flexibility index (Phi) is 4.80. The number of aromatic amines is 1. The van der Waals surface area contributed by atoms with E-state index in [9.17, 15) is 9.90 Å². The van der Waals surface area contributed by atoms with Crippen LogP contribution in [-0.2, 0) is 4.74 Å². The summed E-state index contributed by atoms with van der Waals surface area (Å²) in [5, 5.41) is 13.9. The van der Waals surface area contributed by atoms with Crippen molar-refractivity contribution in [2.45, 2.75) is 38.8 Å². The van der Waals surface area contributed by atoms with E-state index < -0.39 is 5.60 Å². The number of aliphatic hydroxyl groups excluding tert-OH is 1. The summed E-state index contributed by atoms with van der Waals surface area (Å²) < 4.78 is 5.47. The molecule has 3 heterocycles. The van der Waals surface area contributed by atoms with Crippen LogP contribution in [0.25, 0.3) is 11.0 Å². The molecule has 0 radical (unpaired) electrons. The number of aromatic nitrogens is 3. The topological polar surface area (TPSA) is 103 Å². The van der Waals surface area contributed by atoms with Gasteiger partial charge < -0.3 is 25.0 Å². The summed E-state index contributed by atoms with van der Waals surface area (Å²) in [6, 6.07) is 1.89. The van der Waals surface area contributed by atoms with Crippen LogP contribution in [-0.4, -0.2) is 62.4 Å². The minimum Gasteiger partial charge on any atom is -0.444 e. The fourth-order valence-corrected chi connectivity index (χ4v) is 3.10. The number of fused-ring (bicyclic) bond motifs is 1. The first kappa shape index (κ1) is 17.5. The Bertz CT molecular complexity index is 739. The lowest BCUT2D eigenvalue weighted by atomic mass is 9.95. The average molecular weight is 347 g/mol. The number of piperidine rings is 1. The fraction of sp³-hybridized carbons (Fsp3) is 0.588. The Morgan fingerprint density at radius 3 is 2.96 bits per heavy atom. The van der Waals surface area contributed by atoms with E-state index in [2.05, 4.69) is 20.3 Å². The summed E-state index contributed by atoms with van der Waals surface area (Å²) in [6.07, 6.45) is 3.71. The summed E-state index contributed by atoms with van der Waals surface area (Å²) in [5.41, 5.74) is 0.215. The lowest BCUT2D eigenvalue weighted by Gasteiger charge is -2.38. The highest BCUT2D eigenvalue weighted by Crippen LogP contribution is 2.24. The van der Waals surface area contributed by atoms with Gasteiger partial charge in [-0.25, -0.2) is 14.8 Å². The zero-order valence-corrected chi connectivity index (χ0v) is 14.8. The predicted molar refractivity (Wildman–Crippen MR) is 94.3 cm³/mol. The van der Waals surface area contributed by atoms with Gasteiger partial charge in [-0.3, -0.25) is 0 Å². The molecule has 2 aromatic rings. The molecule has 2 atom stereocenters. The third-order valence-electron chi connectivity index (χ3n) is 4.14. The largest absolute Gasteiger partial charge is 0.444 e. The highest BCUT2D eigenvalue weighted by Gasteiger charge is 2.32. The van der Waals surface area contributed by atoms with Crippen molar-refractivity contribution in [3.8, 4) is 0 Å². The van der Waals surface area contributed by atoms with Crippen molar-refractivity contribution in [1.29, 1.82) is 0 Å². The maximum atomic E-state index is 12.4. The van der Waals surface area contributed by atoms with Crippen molar-refractivity contribution in [3.63, 3.8) is 0 Å². The zero-order valence-electron chi connectivity index (χ0n) is 14.8. The van der Waals surface area contributed by atoms with Crippen molar-refractivity contribution in [2.24, 2.45) is 5.92 Å². The van der Waals surface area contributed by atoms with E-state index in [-0.39, 0.29) is 24.7 Å². The van der Waals surface area contributed by atoms with Gasteiger partial charge in [0.15, 0.2) is 0 Å². The van der Waals surface area contributed by atoms with Gasteiger partial charge in [-0.15, -0.1) is 0 Å². The van der Waals surface area contributed by atoms with Gasteiger partial charge >= 0.3 is 6.09 Å².